The largest absolute Gasteiger partial charge is 0.491 e. The number of H-pyrrole nitrogens is 1. The molecule has 1 saturated heterocycles. The zero-order valence-corrected chi connectivity index (χ0v) is 13.9. The van der Waals surface area contributed by atoms with E-state index in [1.54, 1.807) is 17.4 Å². The molecule has 1 aromatic heterocycles. The lowest BCUT2D eigenvalue weighted by atomic mass is 9.93. The molecular formula is C18H23N3O3. The summed E-state index contributed by atoms with van der Waals surface area (Å²) in [4.78, 5) is 21.0. The SMILES string of the molecule is Cc1cccc(OC[C@@]2(O)CCCN(C(=O)Cc3cnc[nH]3)C2)c1. The minimum Gasteiger partial charge on any atom is -0.491 e. The molecule has 0 unspecified atom stereocenters. The number of ether oxygens (including phenoxy) is 1. The van der Waals surface area contributed by atoms with E-state index in [0.717, 1.165) is 23.4 Å². The molecule has 3 rings (SSSR count). The van der Waals surface area contributed by atoms with Gasteiger partial charge in [-0.1, -0.05) is 12.1 Å². The number of likely N-dealkylation sites (tertiary alicyclic amines) is 1. The number of nitrogens with one attached hydrogen (secondary N) is 1. The molecule has 1 aliphatic heterocycles. The van der Waals surface area contributed by atoms with Gasteiger partial charge in [-0.05, 0) is 37.5 Å². The Morgan fingerprint density at radius 1 is 1.50 bits per heavy atom. The Morgan fingerprint density at radius 2 is 2.38 bits per heavy atom. The van der Waals surface area contributed by atoms with Crippen molar-refractivity contribution in [3.05, 3.63) is 48.0 Å². The first kappa shape index (κ1) is 16.5. The third kappa shape index (κ3) is 4.14. The number of hydrogen-bond donors (Lipinski definition) is 2. The van der Waals surface area contributed by atoms with Gasteiger partial charge in [0, 0.05) is 18.4 Å². The number of β-amino-alcohol motifs (C(OH)–C–C–N with tert-alkyl or cyclic N) is 1. The molecule has 2 heterocycles. The van der Waals surface area contributed by atoms with Crippen molar-refractivity contribution in [1.82, 2.24) is 14.9 Å². The normalized spacial score (nSPS) is 20.8. The molecule has 1 aromatic carbocycles. The number of aliphatic hydroxyl groups is 1. The van der Waals surface area contributed by atoms with E-state index < -0.39 is 5.60 Å². The molecule has 2 N–H and O–H groups in total. The Morgan fingerprint density at radius 3 is 3.12 bits per heavy atom. The molecular weight excluding hydrogens is 306 g/mol. The first-order chi connectivity index (χ1) is 11.5. The maximum absolute atomic E-state index is 12.4. The van der Waals surface area contributed by atoms with Gasteiger partial charge in [0.25, 0.3) is 0 Å². The summed E-state index contributed by atoms with van der Waals surface area (Å²) in [6.07, 6.45) is 4.88. The fraction of sp³-hybridized carbons (Fsp3) is 0.444. The van der Waals surface area contributed by atoms with E-state index in [9.17, 15) is 9.90 Å². The Balaban J connectivity index is 1.58. The van der Waals surface area contributed by atoms with E-state index in [1.165, 1.54) is 0 Å². The lowest BCUT2D eigenvalue weighted by Crippen LogP contribution is -2.53. The molecule has 0 bridgehead atoms. The van der Waals surface area contributed by atoms with Crippen LogP contribution in [0.15, 0.2) is 36.8 Å². The lowest BCUT2D eigenvalue weighted by Gasteiger charge is -2.39. The highest BCUT2D eigenvalue weighted by molar-refractivity contribution is 5.78. The number of carbonyl (C=O) groups excluding carboxylic acids is 1. The quantitative estimate of drug-likeness (QED) is 0.875. The molecule has 24 heavy (non-hydrogen) atoms. The molecule has 0 radical (unpaired) electrons. The van der Waals surface area contributed by atoms with Crippen molar-refractivity contribution >= 4 is 5.91 Å². The van der Waals surface area contributed by atoms with Gasteiger partial charge in [-0.25, -0.2) is 4.98 Å². The first-order valence-corrected chi connectivity index (χ1v) is 8.21. The second-order valence-corrected chi connectivity index (χ2v) is 6.50. The van der Waals surface area contributed by atoms with Crippen molar-refractivity contribution < 1.29 is 14.6 Å². The van der Waals surface area contributed by atoms with Gasteiger partial charge in [-0.3, -0.25) is 4.79 Å². The monoisotopic (exact) mass is 329 g/mol. The van der Waals surface area contributed by atoms with Crippen LogP contribution in [0.3, 0.4) is 0 Å². The van der Waals surface area contributed by atoms with Crippen molar-refractivity contribution in [2.24, 2.45) is 0 Å². The van der Waals surface area contributed by atoms with Crippen LogP contribution in [0.1, 0.15) is 24.1 Å². The molecule has 1 atom stereocenters. The summed E-state index contributed by atoms with van der Waals surface area (Å²) in [5.74, 6) is 0.734. The summed E-state index contributed by atoms with van der Waals surface area (Å²) in [5.41, 5.74) is 0.885. The average molecular weight is 329 g/mol. The van der Waals surface area contributed by atoms with Crippen LogP contribution in [0.25, 0.3) is 0 Å². The molecule has 2 aromatic rings. The van der Waals surface area contributed by atoms with Crippen molar-refractivity contribution in [3.8, 4) is 5.75 Å². The predicted molar refractivity (Wildman–Crippen MR) is 89.7 cm³/mol. The minimum absolute atomic E-state index is 0.00655. The second kappa shape index (κ2) is 7.05. The number of hydrogen-bond acceptors (Lipinski definition) is 4. The Bertz CT molecular complexity index is 687. The van der Waals surface area contributed by atoms with Crippen LogP contribution in [0.4, 0.5) is 0 Å². The zero-order valence-electron chi connectivity index (χ0n) is 13.9. The van der Waals surface area contributed by atoms with E-state index in [2.05, 4.69) is 9.97 Å². The topological polar surface area (TPSA) is 78.5 Å². The Labute approximate surface area is 141 Å². The summed E-state index contributed by atoms with van der Waals surface area (Å²) in [6, 6.07) is 7.74. The summed E-state index contributed by atoms with van der Waals surface area (Å²) in [5, 5.41) is 10.8. The maximum atomic E-state index is 12.4. The smallest absolute Gasteiger partial charge is 0.228 e. The third-order valence-corrected chi connectivity index (χ3v) is 4.30. The van der Waals surface area contributed by atoms with Crippen LogP contribution >= 0.6 is 0 Å². The van der Waals surface area contributed by atoms with Crippen molar-refractivity contribution in [2.45, 2.75) is 31.8 Å². The average Bonchev–Trinajstić information content (AvgIpc) is 3.06. The number of amides is 1. The molecule has 1 aliphatic rings. The second-order valence-electron chi connectivity index (χ2n) is 6.50. The number of piperidine rings is 1. The first-order valence-electron chi connectivity index (χ1n) is 8.21. The number of nitrogens with zero attached hydrogens (tertiary/aromatic N) is 2. The Kier molecular flexibility index (Phi) is 4.85. The van der Waals surface area contributed by atoms with Crippen molar-refractivity contribution in [1.29, 1.82) is 0 Å². The number of aromatic amines is 1. The van der Waals surface area contributed by atoms with Crippen LogP contribution in [0.2, 0.25) is 0 Å². The molecule has 6 heteroatoms. The highest BCUT2D eigenvalue weighted by Gasteiger charge is 2.36. The van der Waals surface area contributed by atoms with Gasteiger partial charge in [-0.15, -0.1) is 0 Å². The van der Waals surface area contributed by atoms with Gasteiger partial charge in [0.2, 0.25) is 5.91 Å². The summed E-state index contributed by atoms with van der Waals surface area (Å²) < 4.78 is 5.76. The van der Waals surface area contributed by atoms with Gasteiger partial charge < -0.3 is 19.7 Å². The van der Waals surface area contributed by atoms with Gasteiger partial charge >= 0.3 is 0 Å². The minimum atomic E-state index is -1.01. The highest BCUT2D eigenvalue weighted by atomic mass is 16.5. The summed E-state index contributed by atoms with van der Waals surface area (Å²) in [6.45, 7) is 3.15. The summed E-state index contributed by atoms with van der Waals surface area (Å²) in [7, 11) is 0. The lowest BCUT2D eigenvalue weighted by molar-refractivity contribution is -0.139. The van der Waals surface area contributed by atoms with Gasteiger partial charge in [-0.2, -0.15) is 0 Å². The van der Waals surface area contributed by atoms with E-state index in [1.807, 2.05) is 31.2 Å². The van der Waals surface area contributed by atoms with Crippen molar-refractivity contribution in [3.63, 3.8) is 0 Å². The number of aromatic nitrogens is 2. The van der Waals surface area contributed by atoms with E-state index in [-0.39, 0.29) is 18.9 Å². The highest BCUT2D eigenvalue weighted by Crippen LogP contribution is 2.23. The predicted octanol–water partition coefficient (Wildman–Crippen LogP) is 1.69. The van der Waals surface area contributed by atoms with Crippen LogP contribution in [0.5, 0.6) is 5.75 Å². The number of benzene rings is 1. The standard InChI is InChI=1S/C18H23N3O3/c1-14-4-2-5-16(8-14)24-12-18(23)6-3-7-21(11-18)17(22)9-15-10-19-13-20-15/h2,4-5,8,10,13,23H,3,6-7,9,11-12H2,1H3,(H,19,20)/t18-/m1/s1. The number of rotatable bonds is 5. The third-order valence-electron chi connectivity index (χ3n) is 4.30. The fourth-order valence-electron chi connectivity index (χ4n) is 3.02. The molecule has 6 nitrogen and oxygen atoms in total. The van der Waals surface area contributed by atoms with Crippen LogP contribution in [0, 0.1) is 6.92 Å². The number of imidazole rings is 1. The number of aryl methyl sites for hydroxylation is 1. The maximum Gasteiger partial charge on any atom is 0.228 e. The molecule has 1 amide bonds. The van der Waals surface area contributed by atoms with E-state index >= 15 is 0 Å². The van der Waals surface area contributed by atoms with Gasteiger partial charge in [0.1, 0.15) is 18.0 Å². The van der Waals surface area contributed by atoms with Crippen LogP contribution in [-0.4, -0.2) is 51.2 Å². The molecule has 128 valence electrons. The Hall–Kier alpha value is -2.34. The molecule has 0 spiro atoms. The van der Waals surface area contributed by atoms with E-state index in [0.29, 0.717) is 19.5 Å². The molecule has 0 aliphatic carbocycles. The van der Waals surface area contributed by atoms with Gasteiger partial charge in [0.05, 0.1) is 19.3 Å². The van der Waals surface area contributed by atoms with Crippen molar-refractivity contribution in [2.75, 3.05) is 19.7 Å². The van der Waals surface area contributed by atoms with Crippen LogP contribution < -0.4 is 4.74 Å². The summed E-state index contributed by atoms with van der Waals surface area (Å²) >= 11 is 0. The van der Waals surface area contributed by atoms with Crippen LogP contribution in [-0.2, 0) is 11.2 Å². The fourth-order valence-corrected chi connectivity index (χ4v) is 3.02. The van der Waals surface area contributed by atoms with Gasteiger partial charge in [0.15, 0.2) is 0 Å². The van der Waals surface area contributed by atoms with E-state index in [4.69, 9.17) is 4.74 Å². The zero-order chi connectivity index (χ0) is 17.0. The number of carbonyl (C=O) groups is 1. The molecule has 1 fully saturated rings. The molecule has 0 saturated carbocycles.